The summed E-state index contributed by atoms with van der Waals surface area (Å²) in [4.78, 5) is 0. The van der Waals surface area contributed by atoms with Crippen molar-refractivity contribution in [2.75, 3.05) is 0 Å². The summed E-state index contributed by atoms with van der Waals surface area (Å²) in [5, 5.41) is 0. The van der Waals surface area contributed by atoms with Crippen molar-refractivity contribution in [3.8, 4) is 0 Å². The van der Waals surface area contributed by atoms with Gasteiger partial charge >= 0.3 is 0 Å². The number of hydrogen-bond donors (Lipinski definition) is 0. The van der Waals surface area contributed by atoms with Crippen LogP contribution in [0.15, 0.2) is 24.3 Å². The highest BCUT2D eigenvalue weighted by molar-refractivity contribution is 5.26. The normalized spacial score (nSPS) is 34.5. The molecule has 2 saturated carbocycles. The fraction of sp³-hybridized carbons (Fsp3) is 0.636. The van der Waals surface area contributed by atoms with Crippen LogP contribution in [0.25, 0.3) is 0 Å². The van der Waals surface area contributed by atoms with Crippen LogP contribution in [-0.2, 0) is 0 Å². The van der Waals surface area contributed by atoms with Crippen molar-refractivity contribution in [1.82, 2.24) is 0 Å². The summed E-state index contributed by atoms with van der Waals surface area (Å²) < 4.78 is 0. The van der Waals surface area contributed by atoms with Crippen LogP contribution >= 0.6 is 0 Å². The average Bonchev–Trinajstić information content (AvgIpc) is 2.65. The van der Waals surface area contributed by atoms with E-state index in [2.05, 4.69) is 20.1 Å². The minimum Gasteiger partial charge on any atom is -0.0995 e. The Morgan fingerprint density at radius 1 is 1.36 bits per heavy atom. The Morgan fingerprint density at radius 2 is 2.00 bits per heavy atom. The van der Waals surface area contributed by atoms with Crippen molar-refractivity contribution in [2.45, 2.75) is 32.6 Å². The van der Waals surface area contributed by atoms with Crippen molar-refractivity contribution in [2.24, 2.45) is 11.3 Å². The fourth-order valence-corrected chi connectivity index (χ4v) is 2.39. The van der Waals surface area contributed by atoms with Crippen LogP contribution in [0, 0.1) is 11.3 Å². The monoisotopic (exact) mass is 148 g/mol. The molecule has 0 saturated heterocycles. The topological polar surface area (TPSA) is 0 Å². The lowest BCUT2D eigenvalue weighted by Gasteiger charge is -2.32. The van der Waals surface area contributed by atoms with Crippen LogP contribution in [0.4, 0.5) is 0 Å². The molecule has 60 valence electrons. The highest BCUT2D eigenvalue weighted by Crippen LogP contribution is 2.61. The third kappa shape index (κ3) is 0.962. The van der Waals surface area contributed by atoms with E-state index >= 15 is 0 Å². The van der Waals surface area contributed by atoms with Gasteiger partial charge in [-0.25, -0.2) is 0 Å². The second-order valence-electron chi connectivity index (χ2n) is 4.35. The van der Waals surface area contributed by atoms with Gasteiger partial charge in [0.25, 0.3) is 0 Å². The van der Waals surface area contributed by atoms with Crippen molar-refractivity contribution >= 4 is 0 Å². The Morgan fingerprint density at radius 3 is 2.55 bits per heavy atom. The third-order valence-corrected chi connectivity index (χ3v) is 3.50. The predicted octanol–water partition coefficient (Wildman–Crippen LogP) is 3.31. The maximum atomic E-state index is 4.12. The molecule has 0 aliphatic heterocycles. The summed E-state index contributed by atoms with van der Waals surface area (Å²) in [5.41, 5.74) is 3.45. The smallest absolute Gasteiger partial charge is 0.0111 e. The molecule has 11 heavy (non-hydrogen) atoms. The molecule has 2 fully saturated rings. The largest absolute Gasteiger partial charge is 0.0995 e. The first-order valence-corrected chi connectivity index (χ1v) is 4.48. The standard InChI is InChI=1S/C11H16/c1-8-6-9(2)10(3)11(7-8)4-5-11/h10H,1-2,4-7H2,3H3. The van der Waals surface area contributed by atoms with E-state index in [0.29, 0.717) is 5.41 Å². The quantitative estimate of drug-likeness (QED) is 0.462. The van der Waals surface area contributed by atoms with Crippen LogP contribution in [0.5, 0.6) is 0 Å². The summed E-state index contributed by atoms with van der Waals surface area (Å²) in [6.45, 7) is 10.5. The van der Waals surface area contributed by atoms with Crippen molar-refractivity contribution < 1.29 is 0 Å². The molecular formula is C11H16. The summed E-state index contributed by atoms with van der Waals surface area (Å²) in [7, 11) is 0. The Bertz CT molecular complexity index is 218. The molecule has 1 atom stereocenters. The molecule has 1 unspecified atom stereocenters. The Kier molecular flexibility index (Phi) is 1.30. The minimum atomic E-state index is 0.631. The van der Waals surface area contributed by atoms with E-state index in [4.69, 9.17) is 0 Å². The lowest BCUT2D eigenvalue weighted by molar-refractivity contribution is 0.343. The molecule has 2 rings (SSSR count). The van der Waals surface area contributed by atoms with Crippen LogP contribution in [-0.4, -0.2) is 0 Å². The minimum absolute atomic E-state index is 0.631. The Hall–Kier alpha value is -0.520. The van der Waals surface area contributed by atoms with Crippen molar-refractivity contribution in [3.63, 3.8) is 0 Å². The van der Waals surface area contributed by atoms with Gasteiger partial charge in [0.05, 0.1) is 0 Å². The second-order valence-corrected chi connectivity index (χ2v) is 4.35. The van der Waals surface area contributed by atoms with E-state index in [9.17, 15) is 0 Å². The van der Waals surface area contributed by atoms with E-state index < -0.39 is 0 Å². The zero-order chi connectivity index (χ0) is 8.06. The zero-order valence-electron chi connectivity index (χ0n) is 7.32. The predicted molar refractivity (Wildman–Crippen MR) is 48.3 cm³/mol. The van der Waals surface area contributed by atoms with Crippen LogP contribution in [0.1, 0.15) is 32.6 Å². The van der Waals surface area contributed by atoms with Gasteiger partial charge in [-0.3, -0.25) is 0 Å². The van der Waals surface area contributed by atoms with Gasteiger partial charge in [0.1, 0.15) is 0 Å². The van der Waals surface area contributed by atoms with Gasteiger partial charge in [-0.15, -0.1) is 0 Å². The lowest BCUT2D eigenvalue weighted by atomic mass is 9.73. The number of rotatable bonds is 0. The highest BCUT2D eigenvalue weighted by atomic mass is 14.5. The van der Waals surface area contributed by atoms with E-state index in [1.807, 2.05) is 0 Å². The molecule has 0 aromatic carbocycles. The lowest BCUT2D eigenvalue weighted by Crippen LogP contribution is -2.20. The SMILES string of the molecule is C=C1CC(=C)C(C)C2(CC2)C1. The van der Waals surface area contributed by atoms with Gasteiger partial charge < -0.3 is 0 Å². The van der Waals surface area contributed by atoms with Crippen molar-refractivity contribution in [1.29, 1.82) is 0 Å². The summed E-state index contributed by atoms with van der Waals surface area (Å²) in [5.74, 6) is 0.757. The molecule has 2 aliphatic carbocycles. The molecule has 0 bridgehead atoms. The summed E-state index contributed by atoms with van der Waals surface area (Å²) >= 11 is 0. The Balaban J connectivity index is 2.22. The van der Waals surface area contributed by atoms with E-state index in [-0.39, 0.29) is 0 Å². The number of allylic oxidation sites excluding steroid dienone is 2. The van der Waals surface area contributed by atoms with Crippen LogP contribution in [0.2, 0.25) is 0 Å². The maximum Gasteiger partial charge on any atom is -0.0111 e. The molecular weight excluding hydrogens is 132 g/mol. The second kappa shape index (κ2) is 2.00. The van der Waals surface area contributed by atoms with Crippen LogP contribution < -0.4 is 0 Å². The van der Waals surface area contributed by atoms with Crippen molar-refractivity contribution in [3.05, 3.63) is 24.3 Å². The van der Waals surface area contributed by atoms with E-state index in [1.165, 1.54) is 30.4 Å². The molecule has 0 N–H and O–H groups in total. The third-order valence-electron chi connectivity index (χ3n) is 3.50. The van der Waals surface area contributed by atoms with Gasteiger partial charge in [-0.1, -0.05) is 31.2 Å². The first-order chi connectivity index (χ1) is 5.14. The Labute approximate surface area is 69.0 Å². The molecule has 0 heterocycles. The van der Waals surface area contributed by atoms with Gasteiger partial charge in [0.15, 0.2) is 0 Å². The van der Waals surface area contributed by atoms with Gasteiger partial charge in [0.2, 0.25) is 0 Å². The zero-order valence-corrected chi connectivity index (χ0v) is 7.32. The highest BCUT2D eigenvalue weighted by Gasteiger charge is 2.49. The van der Waals surface area contributed by atoms with E-state index in [0.717, 1.165) is 12.3 Å². The molecule has 0 heteroatoms. The van der Waals surface area contributed by atoms with Gasteiger partial charge in [-0.2, -0.15) is 0 Å². The molecule has 0 radical (unpaired) electrons. The molecule has 0 nitrogen and oxygen atoms in total. The fourth-order valence-electron chi connectivity index (χ4n) is 2.39. The molecule has 2 aliphatic rings. The van der Waals surface area contributed by atoms with Gasteiger partial charge in [0, 0.05) is 0 Å². The summed E-state index contributed by atoms with van der Waals surface area (Å²) in [6.07, 6.45) is 5.18. The van der Waals surface area contributed by atoms with Crippen LogP contribution in [0.3, 0.4) is 0 Å². The average molecular weight is 148 g/mol. The molecule has 1 spiro atoms. The maximum absolute atomic E-state index is 4.12. The summed E-state index contributed by atoms with van der Waals surface area (Å²) in [6, 6.07) is 0. The van der Waals surface area contributed by atoms with E-state index in [1.54, 1.807) is 0 Å². The van der Waals surface area contributed by atoms with Gasteiger partial charge in [-0.05, 0) is 37.0 Å². The first-order valence-electron chi connectivity index (χ1n) is 4.48. The first kappa shape index (κ1) is 7.15. The molecule has 0 amide bonds. The molecule has 0 aromatic heterocycles. The molecule has 0 aromatic rings. The number of hydrogen-bond acceptors (Lipinski definition) is 0.